The molecule has 6 heteroatoms. The number of anilines is 1. The zero-order valence-corrected chi connectivity index (χ0v) is 11.6. The monoisotopic (exact) mass is 288 g/mol. The van der Waals surface area contributed by atoms with Crippen LogP contribution in [-0.2, 0) is 4.79 Å². The van der Waals surface area contributed by atoms with Crippen molar-refractivity contribution in [2.24, 2.45) is 0 Å². The second kappa shape index (κ2) is 6.05. The van der Waals surface area contributed by atoms with Crippen molar-refractivity contribution in [2.75, 3.05) is 11.9 Å². The van der Waals surface area contributed by atoms with Gasteiger partial charge in [-0.3, -0.25) is 4.79 Å². The summed E-state index contributed by atoms with van der Waals surface area (Å²) in [6, 6.07) is 4.46. The zero-order chi connectivity index (χ0) is 14.7. The summed E-state index contributed by atoms with van der Waals surface area (Å²) in [4.78, 5) is 16.0. The van der Waals surface area contributed by atoms with E-state index in [9.17, 15) is 9.18 Å². The molecule has 1 aliphatic rings. The van der Waals surface area contributed by atoms with Crippen molar-refractivity contribution < 1.29 is 9.18 Å². The van der Waals surface area contributed by atoms with Crippen molar-refractivity contribution in [3.63, 3.8) is 0 Å². The van der Waals surface area contributed by atoms with Crippen LogP contribution in [0.1, 0.15) is 19.3 Å². The van der Waals surface area contributed by atoms with E-state index in [1.165, 1.54) is 12.4 Å². The standard InChI is InChI=1S/C15H17FN4O/c16-12-9-11(4-5-14(12)20-8-7-17-10-20)19-15(21)13-3-1-2-6-18-13/h4-5,7-10,13,18H,1-3,6H2,(H,19,21)/t13-/m1/s1. The molecule has 0 unspecified atom stereocenters. The lowest BCUT2D eigenvalue weighted by atomic mass is 10.0. The van der Waals surface area contributed by atoms with E-state index in [4.69, 9.17) is 0 Å². The SMILES string of the molecule is O=C(Nc1ccc(-n2ccnc2)c(F)c1)[C@H]1CCCCN1. The van der Waals surface area contributed by atoms with Crippen LogP contribution in [0, 0.1) is 5.82 Å². The predicted molar refractivity (Wildman–Crippen MR) is 77.8 cm³/mol. The largest absolute Gasteiger partial charge is 0.325 e. The maximum Gasteiger partial charge on any atom is 0.241 e. The number of rotatable bonds is 3. The zero-order valence-electron chi connectivity index (χ0n) is 11.6. The quantitative estimate of drug-likeness (QED) is 0.909. The highest BCUT2D eigenvalue weighted by Crippen LogP contribution is 2.19. The normalized spacial score (nSPS) is 18.4. The second-order valence-electron chi connectivity index (χ2n) is 5.13. The Hall–Kier alpha value is -2.21. The molecule has 110 valence electrons. The Morgan fingerprint density at radius 3 is 3.00 bits per heavy atom. The molecule has 1 saturated heterocycles. The third-order valence-corrected chi connectivity index (χ3v) is 3.62. The molecule has 1 amide bonds. The molecule has 0 bridgehead atoms. The Labute approximate surface area is 122 Å². The van der Waals surface area contributed by atoms with Gasteiger partial charge >= 0.3 is 0 Å². The first-order chi connectivity index (χ1) is 10.2. The van der Waals surface area contributed by atoms with Crippen molar-refractivity contribution in [3.8, 4) is 5.69 Å². The van der Waals surface area contributed by atoms with Gasteiger partial charge in [-0.2, -0.15) is 0 Å². The highest BCUT2D eigenvalue weighted by molar-refractivity contribution is 5.94. The minimum Gasteiger partial charge on any atom is -0.325 e. The van der Waals surface area contributed by atoms with Gasteiger partial charge in [0.2, 0.25) is 5.91 Å². The fraction of sp³-hybridized carbons (Fsp3) is 0.333. The topological polar surface area (TPSA) is 59.0 Å². The van der Waals surface area contributed by atoms with Crippen LogP contribution in [0.4, 0.5) is 10.1 Å². The highest BCUT2D eigenvalue weighted by atomic mass is 19.1. The molecule has 0 spiro atoms. The summed E-state index contributed by atoms with van der Waals surface area (Å²) < 4.78 is 15.7. The van der Waals surface area contributed by atoms with Crippen LogP contribution in [0.2, 0.25) is 0 Å². The molecule has 0 radical (unpaired) electrons. The Bertz CT molecular complexity index is 621. The van der Waals surface area contributed by atoms with Crippen LogP contribution in [0.25, 0.3) is 5.69 Å². The van der Waals surface area contributed by atoms with Crippen molar-refractivity contribution in [2.45, 2.75) is 25.3 Å². The third kappa shape index (κ3) is 3.11. The molecular weight excluding hydrogens is 271 g/mol. The number of amides is 1. The van der Waals surface area contributed by atoms with E-state index in [2.05, 4.69) is 15.6 Å². The van der Waals surface area contributed by atoms with E-state index < -0.39 is 5.82 Å². The lowest BCUT2D eigenvalue weighted by molar-refractivity contribution is -0.118. The molecule has 2 aromatic rings. The average molecular weight is 288 g/mol. The van der Waals surface area contributed by atoms with E-state index in [1.54, 1.807) is 29.1 Å². The predicted octanol–water partition coefficient (Wildman–Crippen LogP) is 2.09. The van der Waals surface area contributed by atoms with E-state index in [0.717, 1.165) is 25.8 Å². The van der Waals surface area contributed by atoms with E-state index >= 15 is 0 Å². The fourth-order valence-electron chi connectivity index (χ4n) is 2.50. The number of carbonyl (C=O) groups is 1. The van der Waals surface area contributed by atoms with Crippen LogP contribution < -0.4 is 10.6 Å². The van der Waals surface area contributed by atoms with Crippen LogP contribution in [0.3, 0.4) is 0 Å². The summed E-state index contributed by atoms with van der Waals surface area (Å²) in [5.41, 5.74) is 0.870. The Balaban J connectivity index is 1.72. The Morgan fingerprint density at radius 2 is 2.33 bits per heavy atom. The van der Waals surface area contributed by atoms with Crippen LogP contribution in [-0.4, -0.2) is 28.0 Å². The molecule has 2 N–H and O–H groups in total. The maximum atomic E-state index is 14.1. The lowest BCUT2D eigenvalue weighted by Gasteiger charge is -2.22. The number of imidazole rings is 1. The smallest absolute Gasteiger partial charge is 0.241 e. The van der Waals surface area contributed by atoms with Crippen molar-refractivity contribution in [1.29, 1.82) is 0 Å². The number of hydrogen-bond acceptors (Lipinski definition) is 3. The molecule has 1 atom stereocenters. The number of piperidine rings is 1. The molecule has 1 aromatic carbocycles. The van der Waals surface area contributed by atoms with Crippen LogP contribution in [0.15, 0.2) is 36.9 Å². The van der Waals surface area contributed by atoms with Gasteiger partial charge in [-0.15, -0.1) is 0 Å². The Morgan fingerprint density at radius 1 is 1.43 bits per heavy atom. The number of halogens is 1. The van der Waals surface area contributed by atoms with E-state index in [1.807, 2.05) is 0 Å². The first-order valence-corrected chi connectivity index (χ1v) is 7.06. The van der Waals surface area contributed by atoms with E-state index in [-0.39, 0.29) is 11.9 Å². The maximum absolute atomic E-state index is 14.1. The third-order valence-electron chi connectivity index (χ3n) is 3.62. The van der Waals surface area contributed by atoms with Gasteiger partial charge in [0.15, 0.2) is 0 Å². The van der Waals surface area contributed by atoms with Gasteiger partial charge in [0.05, 0.1) is 18.1 Å². The summed E-state index contributed by atoms with van der Waals surface area (Å²) in [6.07, 6.45) is 7.74. The molecule has 21 heavy (non-hydrogen) atoms. The molecule has 0 aliphatic carbocycles. The molecular formula is C15H17FN4O. The summed E-state index contributed by atoms with van der Waals surface area (Å²) in [6.45, 7) is 0.853. The van der Waals surface area contributed by atoms with Crippen molar-refractivity contribution >= 4 is 11.6 Å². The number of hydrogen-bond donors (Lipinski definition) is 2. The van der Waals surface area contributed by atoms with Gasteiger partial charge in [-0.25, -0.2) is 9.37 Å². The Kier molecular flexibility index (Phi) is 3.96. The first kappa shape index (κ1) is 13.8. The van der Waals surface area contributed by atoms with Crippen molar-refractivity contribution in [3.05, 3.63) is 42.7 Å². The minimum atomic E-state index is -0.401. The summed E-state index contributed by atoms with van der Waals surface area (Å²) in [5.74, 6) is -0.508. The average Bonchev–Trinajstić information content (AvgIpc) is 3.02. The number of nitrogens with zero attached hydrogens (tertiary/aromatic N) is 2. The number of nitrogens with one attached hydrogen (secondary N) is 2. The second-order valence-corrected chi connectivity index (χ2v) is 5.13. The van der Waals surface area contributed by atoms with Gasteiger partial charge < -0.3 is 15.2 Å². The van der Waals surface area contributed by atoms with Crippen LogP contribution >= 0.6 is 0 Å². The van der Waals surface area contributed by atoms with E-state index in [0.29, 0.717) is 11.4 Å². The summed E-state index contributed by atoms with van der Waals surface area (Å²) in [5, 5.41) is 5.93. The van der Waals surface area contributed by atoms with Gasteiger partial charge in [0.1, 0.15) is 5.82 Å². The van der Waals surface area contributed by atoms with Gasteiger partial charge in [-0.05, 0) is 37.6 Å². The number of carbonyl (C=O) groups excluding carboxylic acids is 1. The first-order valence-electron chi connectivity index (χ1n) is 7.06. The molecule has 1 fully saturated rings. The molecule has 2 heterocycles. The molecule has 3 rings (SSSR count). The van der Waals surface area contributed by atoms with Gasteiger partial charge in [0.25, 0.3) is 0 Å². The molecule has 1 aliphatic heterocycles. The highest BCUT2D eigenvalue weighted by Gasteiger charge is 2.20. The number of benzene rings is 1. The molecule has 5 nitrogen and oxygen atoms in total. The lowest BCUT2D eigenvalue weighted by Crippen LogP contribution is -2.43. The van der Waals surface area contributed by atoms with Gasteiger partial charge in [-0.1, -0.05) is 6.42 Å². The number of aromatic nitrogens is 2. The summed E-state index contributed by atoms with van der Waals surface area (Å²) >= 11 is 0. The minimum absolute atomic E-state index is 0.107. The molecule has 0 saturated carbocycles. The summed E-state index contributed by atoms with van der Waals surface area (Å²) in [7, 11) is 0. The van der Waals surface area contributed by atoms with Crippen LogP contribution in [0.5, 0.6) is 0 Å². The van der Waals surface area contributed by atoms with Gasteiger partial charge in [0, 0.05) is 18.1 Å². The van der Waals surface area contributed by atoms with Crippen molar-refractivity contribution in [1.82, 2.24) is 14.9 Å². The fourth-order valence-corrected chi connectivity index (χ4v) is 2.50. The molecule has 1 aromatic heterocycles.